The minimum Gasteiger partial charge on any atom is -0.381 e. The number of amides is 1. The van der Waals surface area contributed by atoms with Crippen molar-refractivity contribution in [2.45, 2.75) is 26.1 Å². The van der Waals surface area contributed by atoms with Crippen LogP contribution < -0.4 is 10.2 Å². The molecule has 2 N–H and O–H groups in total. The molecule has 1 fully saturated rings. The van der Waals surface area contributed by atoms with Crippen LogP contribution in [0.3, 0.4) is 0 Å². The average molecular weight is 511 g/mol. The first-order valence-electron chi connectivity index (χ1n) is 11.6. The molecule has 0 saturated carbocycles. The number of aryl methyl sites for hydroxylation is 1. The van der Waals surface area contributed by atoms with Crippen molar-refractivity contribution < 1.29 is 27.8 Å². The van der Waals surface area contributed by atoms with E-state index in [1.54, 1.807) is 25.3 Å². The number of hydrogen-bond acceptors (Lipinski definition) is 6. The molecule has 3 heterocycles. The zero-order valence-electron chi connectivity index (χ0n) is 20.3. The van der Waals surface area contributed by atoms with Crippen LogP contribution in [-0.2, 0) is 10.9 Å². The standard InChI is InChI=1S/C27H25F3N4O3/c1-17-3-5-21(33-26(36)19-7-8-31-25(14-19)27(28,29)30)15-22(17)20-13-24(34-9-11-37-12-10-34)23(32-16-20)6-4-18(2)35/h3,5,7-8,13-16,18,35H,9-12H2,1-2H3,(H,33,36)/t18-/m0/s1. The number of benzene rings is 1. The summed E-state index contributed by atoms with van der Waals surface area (Å²) >= 11 is 0. The third kappa shape index (κ3) is 6.44. The first kappa shape index (κ1) is 26.1. The lowest BCUT2D eigenvalue weighted by Gasteiger charge is -2.29. The van der Waals surface area contributed by atoms with Gasteiger partial charge in [-0.3, -0.25) is 9.78 Å². The van der Waals surface area contributed by atoms with Gasteiger partial charge in [0, 0.05) is 42.3 Å². The Labute approximate surface area is 212 Å². The number of pyridine rings is 2. The second-order valence-corrected chi connectivity index (χ2v) is 8.55. The van der Waals surface area contributed by atoms with Crippen molar-refractivity contribution in [3.8, 4) is 23.0 Å². The van der Waals surface area contributed by atoms with Crippen molar-refractivity contribution in [2.75, 3.05) is 36.5 Å². The van der Waals surface area contributed by atoms with E-state index in [0.29, 0.717) is 37.7 Å². The van der Waals surface area contributed by atoms with E-state index in [2.05, 4.69) is 32.0 Å². The quantitative estimate of drug-likeness (QED) is 0.510. The van der Waals surface area contributed by atoms with Crippen molar-refractivity contribution in [1.82, 2.24) is 9.97 Å². The molecule has 0 unspecified atom stereocenters. The van der Waals surface area contributed by atoms with E-state index in [4.69, 9.17) is 4.74 Å². The molecule has 0 spiro atoms. The Kier molecular flexibility index (Phi) is 7.76. The molecular formula is C27H25F3N4O3. The van der Waals surface area contributed by atoms with Crippen LogP contribution in [0.5, 0.6) is 0 Å². The Morgan fingerprint density at radius 2 is 1.92 bits per heavy atom. The lowest BCUT2D eigenvalue weighted by atomic mass is 10.00. The molecule has 1 aliphatic heterocycles. The number of nitrogens with zero attached hydrogens (tertiary/aromatic N) is 3. The van der Waals surface area contributed by atoms with Crippen LogP contribution in [0.4, 0.5) is 24.5 Å². The number of carbonyl (C=O) groups is 1. The highest BCUT2D eigenvalue weighted by molar-refractivity contribution is 6.04. The number of anilines is 2. The van der Waals surface area contributed by atoms with Gasteiger partial charge in [-0.15, -0.1) is 0 Å². The van der Waals surface area contributed by atoms with E-state index in [-0.39, 0.29) is 5.56 Å². The fraction of sp³-hybridized carbons (Fsp3) is 0.296. The number of rotatable bonds is 4. The zero-order valence-corrected chi connectivity index (χ0v) is 20.3. The molecule has 0 aliphatic carbocycles. The van der Waals surface area contributed by atoms with Crippen LogP contribution in [0.15, 0.2) is 48.8 Å². The van der Waals surface area contributed by atoms with Gasteiger partial charge in [-0.25, -0.2) is 4.98 Å². The highest BCUT2D eigenvalue weighted by Crippen LogP contribution is 2.32. The molecule has 1 aliphatic rings. The van der Waals surface area contributed by atoms with Crippen LogP contribution >= 0.6 is 0 Å². The molecule has 2 aromatic heterocycles. The largest absolute Gasteiger partial charge is 0.433 e. The molecular weight excluding hydrogens is 485 g/mol. The summed E-state index contributed by atoms with van der Waals surface area (Å²) < 4.78 is 44.4. The van der Waals surface area contributed by atoms with Gasteiger partial charge in [0.1, 0.15) is 17.5 Å². The predicted molar refractivity (Wildman–Crippen MR) is 133 cm³/mol. The summed E-state index contributed by atoms with van der Waals surface area (Å²) in [5.41, 5.74) is 2.96. The maximum atomic E-state index is 13.0. The molecule has 0 bridgehead atoms. The molecule has 1 saturated heterocycles. The number of alkyl halides is 3. The van der Waals surface area contributed by atoms with Crippen molar-refractivity contribution >= 4 is 17.3 Å². The summed E-state index contributed by atoms with van der Waals surface area (Å²) in [6, 6.07) is 9.15. The van der Waals surface area contributed by atoms with E-state index in [9.17, 15) is 23.1 Å². The molecule has 1 atom stereocenters. The van der Waals surface area contributed by atoms with Crippen LogP contribution in [0.1, 0.15) is 34.2 Å². The van der Waals surface area contributed by atoms with Crippen molar-refractivity contribution in [3.63, 3.8) is 0 Å². The monoisotopic (exact) mass is 510 g/mol. The highest BCUT2D eigenvalue weighted by Gasteiger charge is 2.33. The average Bonchev–Trinajstić information content (AvgIpc) is 2.88. The number of aliphatic hydroxyl groups is 1. The second-order valence-electron chi connectivity index (χ2n) is 8.55. The van der Waals surface area contributed by atoms with E-state index >= 15 is 0 Å². The number of aromatic nitrogens is 2. The number of carbonyl (C=O) groups excluding carboxylic acids is 1. The van der Waals surface area contributed by atoms with E-state index in [1.807, 2.05) is 19.1 Å². The van der Waals surface area contributed by atoms with Crippen LogP contribution in [0.2, 0.25) is 0 Å². The molecule has 4 rings (SSSR count). The van der Waals surface area contributed by atoms with E-state index in [0.717, 1.165) is 34.6 Å². The maximum absolute atomic E-state index is 13.0. The summed E-state index contributed by atoms with van der Waals surface area (Å²) in [4.78, 5) is 22.6. The Hall–Kier alpha value is -3.94. The van der Waals surface area contributed by atoms with Crippen molar-refractivity contribution in [2.24, 2.45) is 0 Å². The minimum atomic E-state index is -4.65. The lowest BCUT2D eigenvalue weighted by molar-refractivity contribution is -0.141. The Bertz CT molecular complexity index is 1360. The van der Waals surface area contributed by atoms with E-state index < -0.39 is 23.9 Å². The van der Waals surface area contributed by atoms with E-state index in [1.165, 1.54) is 6.07 Å². The van der Waals surface area contributed by atoms with Crippen molar-refractivity contribution in [3.05, 3.63) is 71.3 Å². The molecule has 1 aromatic carbocycles. The molecule has 192 valence electrons. The van der Waals surface area contributed by atoms with Gasteiger partial charge in [0.15, 0.2) is 0 Å². The van der Waals surface area contributed by atoms with Gasteiger partial charge in [0.2, 0.25) is 0 Å². The van der Waals surface area contributed by atoms with Gasteiger partial charge in [-0.1, -0.05) is 12.0 Å². The van der Waals surface area contributed by atoms with Gasteiger partial charge in [-0.05, 0) is 61.2 Å². The summed E-state index contributed by atoms with van der Waals surface area (Å²) in [6.45, 7) is 5.95. The molecule has 3 aromatic rings. The Balaban J connectivity index is 1.66. The third-order valence-electron chi connectivity index (χ3n) is 5.74. The van der Waals surface area contributed by atoms with Crippen LogP contribution in [0, 0.1) is 18.8 Å². The van der Waals surface area contributed by atoms with Gasteiger partial charge in [-0.2, -0.15) is 13.2 Å². The number of ether oxygens (including phenoxy) is 1. The summed E-state index contributed by atoms with van der Waals surface area (Å²) in [5.74, 6) is 4.99. The zero-order chi connectivity index (χ0) is 26.6. The first-order valence-corrected chi connectivity index (χ1v) is 11.6. The summed E-state index contributed by atoms with van der Waals surface area (Å²) in [6.07, 6.45) is -2.82. The molecule has 10 heteroatoms. The predicted octanol–water partition coefficient (Wildman–Crippen LogP) is 4.29. The van der Waals surface area contributed by atoms with Crippen LogP contribution in [-0.4, -0.2) is 53.4 Å². The normalized spacial score (nSPS) is 14.5. The number of hydrogen-bond donors (Lipinski definition) is 2. The Morgan fingerprint density at radius 1 is 1.16 bits per heavy atom. The smallest absolute Gasteiger partial charge is 0.381 e. The second kappa shape index (κ2) is 11.0. The molecule has 7 nitrogen and oxygen atoms in total. The number of halogens is 3. The highest BCUT2D eigenvalue weighted by atomic mass is 19.4. The van der Waals surface area contributed by atoms with Crippen LogP contribution in [0.25, 0.3) is 11.1 Å². The number of morpholine rings is 1. The lowest BCUT2D eigenvalue weighted by Crippen LogP contribution is -2.36. The van der Waals surface area contributed by atoms with Crippen molar-refractivity contribution in [1.29, 1.82) is 0 Å². The fourth-order valence-corrected chi connectivity index (χ4v) is 3.86. The third-order valence-corrected chi connectivity index (χ3v) is 5.74. The fourth-order valence-electron chi connectivity index (χ4n) is 3.86. The topological polar surface area (TPSA) is 87.6 Å². The SMILES string of the molecule is Cc1ccc(NC(=O)c2ccnc(C(F)(F)F)c2)cc1-c1cnc(C#C[C@H](C)O)c(N2CCOCC2)c1. The van der Waals surface area contributed by atoms with Gasteiger partial charge >= 0.3 is 6.18 Å². The van der Waals surface area contributed by atoms with Gasteiger partial charge < -0.3 is 20.1 Å². The molecule has 37 heavy (non-hydrogen) atoms. The molecule has 0 radical (unpaired) electrons. The van der Waals surface area contributed by atoms with Gasteiger partial charge in [0.25, 0.3) is 5.91 Å². The van der Waals surface area contributed by atoms with Gasteiger partial charge in [0.05, 0.1) is 18.9 Å². The first-order chi connectivity index (χ1) is 17.6. The number of nitrogens with one attached hydrogen (secondary N) is 1. The Morgan fingerprint density at radius 3 is 2.62 bits per heavy atom. The summed E-state index contributed by atoms with van der Waals surface area (Å²) in [7, 11) is 0. The summed E-state index contributed by atoms with van der Waals surface area (Å²) in [5, 5.41) is 12.3. The number of aliphatic hydroxyl groups excluding tert-OH is 1. The molecule has 1 amide bonds. The minimum absolute atomic E-state index is 0.151. The maximum Gasteiger partial charge on any atom is 0.433 e.